The van der Waals surface area contributed by atoms with Gasteiger partial charge in [0, 0.05) is 67.6 Å². The summed E-state index contributed by atoms with van der Waals surface area (Å²) < 4.78 is 26.5. The molecule has 0 atom stereocenters. The van der Waals surface area contributed by atoms with Crippen LogP contribution in [0.4, 0.5) is 8.78 Å². The fraction of sp³-hybridized carbons (Fsp3) is 0.471. The zero-order chi connectivity index (χ0) is 16.0. The van der Waals surface area contributed by atoms with Crippen LogP contribution in [0.5, 0.6) is 0 Å². The average molecular weight is 319 g/mol. The van der Waals surface area contributed by atoms with Gasteiger partial charge in [0.1, 0.15) is 0 Å². The molecule has 6 heteroatoms. The van der Waals surface area contributed by atoms with Crippen molar-refractivity contribution in [2.24, 2.45) is 0 Å². The summed E-state index contributed by atoms with van der Waals surface area (Å²) in [7, 11) is 0. The minimum Gasteiger partial charge on any atom is -0.358 e. The maximum absolute atomic E-state index is 13.2. The predicted octanol–water partition coefficient (Wildman–Crippen LogP) is 2.68. The summed E-state index contributed by atoms with van der Waals surface area (Å²) in [6, 6.07) is 5.60. The van der Waals surface area contributed by atoms with Gasteiger partial charge < -0.3 is 15.2 Å². The predicted molar refractivity (Wildman–Crippen MR) is 83.8 cm³/mol. The SMILES string of the molecule is O=C(c1ccc2[nH]c3c(c2c1)CNCC3)N1CCC(F)(F)CC1. The summed E-state index contributed by atoms with van der Waals surface area (Å²) in [5.74, 6) is -2.78. The zero-order valence-electron chi connectivity index (χ0n) is 12.8. The van der Waals surface area contributed by atoms with Crippen LogP contribution >= 0.6 is 0 Å². The number of nitrogens with zero attached hydrogens (tertiary/aromatic N) is 1. The molecule has 1 aromatic heterocycles. The number of piperidine rings is 1. The standard InChI is InChI=1S/C17H19F2N3O/c18-17(19)4-7-22(8-5-17)16(23)11-1-2-14-12(9-11)13-10-20-6-3-15(13)21-14/h1-2,9,20-21H,3-8,10H2. The number of hydrogen-bond donors (Lipinski definition) is 2. The second-order valence-corrected chi connectivity index (χ2v) is 6.42. The normalized spacial score (nSPS) is 20.5. The van der Waals surface area contributed by atoms with Crippen molar-refractivity contribution in [3.8, 4) is 0 Å². The van der Waals surface area contributed by atoms with Crippen molar-refractivity contribution in [3.63, 3.8) is 0 Å². The van der Waals surface area contributed by atoms with E-state index in [4.69, 9.17) is 0 Å². The largest absolute Gasteiger partial charge is 0.358 e. The molecule has 0 aliphatic carbocycles. The van der Waals surface area contributed by atoms with Gasteiger partial charge in [0.2, 0.25) is 0 Å². The van der Waals surface area contributed by atoms with Crippen molar-refractivity contribution >= 4 is 16.8 Å². The lowest BCUT2D eigenvalue weighted by atomic mass is 10.0. The van der Waals surface area contributed by atoms with E-state index >= 15 is 0 Å². The number of halogens is 2. The van der Waals surface area contributed by atoms with Gasteiger partial charge in [-0.3, -0.25) is 4.79 Å². The van der Waals surface area contributed by atoms with Gasteiger partial charge in [-0.15, -0.1) is 0 Å². The molecule has 0 saturated carbocycles. The summed E-state index contributed by atoms with van der Waals surface area (Å²) in [6.07, 6.45) is 0.462. The van der Waals surface area contributed by atoms with Gasteiger partial charge in [-0.1, -0.05) is 0 Å². The Kier molecular flexibility index (Phi) is 3.37. The first-order chi connectivity index (χ1) is 11.0. The minimum absolute atomic E-state index is 0.122. The van der Waals surface area contributed by atoms with Crippen LogP contribution in [0.1, 0.15) is 34.5 Å². The van der Waals surface area contributed by atoms with E-state index in [0.717, 1.165) is 30.4 Å². The van der Waals surface area contributed by atoms with Crippen LogP contribution in [0.25, 0.3) is 10.9 Å². The van der Waals surface area contributed by atoms with E-state index in [9.17, 15) is 13.6 Å². The van der Waals surface area contributed by atoms with Crippen LogP contribution in [-0.4, -0.2) is 41.3 Å². The fourth-order valence-corrected chi connectivity index (χ4v) is 3.50. The second kappa shape index (κ2) is 5.30. The molecular formula is C17H19F2N3O. The molecule has 4 rings (SSSR count). The molecule has 1 amide bonds. The number of likely N-dealkylation sites (tertiary alicyclic amines) is 1. The van der Waals surface area contributed by atoms with Gasteiger partial charge in [0.15, 0.2) is 0 Å². The van der Waals surface area contributed by atoms with Gasteiger partial charge in [0.05, 0.1) is 0 Å². The van der Waals surface area contributed by atoms with E-state index in [2.05, 4.69) is 10.3 Å². The van der Waals surface area contributed by atoms with Crippen molar-refractivity contribution < 1.29 is 13.6 Å². The summed E-state index contributed by atoms with van der Waals surface area (Å²) in [5.41, 5.74) is 4.04. The molecular weight excluding hydrogens is 300 g/mol. The maximum Gasteiger partial charge on any atom is 0.253 e. The Morgan fingerprint density at radius 1 is 1.22 bits per heavy atom. The number of benzene rings is 1. The Morgan fingerprint density at radius 2 is 2.00 bits per heavy atom. The zero-order valence-corrected chi connectivity index (χ0v) is 12.8. The van der Waals surface area contributed by atoms with Crippen LogP contribution in [0, 0.1) is 0 Å². The number of nitrogens with one attached hydrogen (secondary N) is 2. The quantitative estimate of drug-likeness (QED) is 0.849. The third-order valence-corrected chi connectivity index (χ3v) is 4.88. The van der Waals surface area contributed by atoms with Crippen LogP contribution in [0.15, 0.2) is 18.2 Å². The number of alkyl halides is 2. The third-order valence-electron chi connectivity index (χ3n) is 4.88. The Balaban J connectivity index is 1.63. The van der Waals surface area contributed by atoms with Crippen molar-refractivity contribution in [1.29, 1.82) is 0 Å². The summed E-state index contributed by atoms with van der Waals surface area (Å²) in [5, 5.41) is 4.40. The topological polar surface area (TPSA) is 48.1 Å². The molecule has 1 saturated heterocycles. The molecule has 122 valence electrons. The van der Waals surface area contributed by atoms with E-state index in [1.54, 1.807) is 6.07 Å². The van der Waals surface area contributed by atoms with E-state index in [1.165, 1.54) is 16.2 Å². The molecule has 4 nitrogen and oxygen atoms in total. The summed E-state index contributed by atoms with van der Waals surface area (Å²) in [6.45, 7) is 1.99. The molecule has 0 bridgehead atoms. The Morgan fingerprint density at radius 3 is 2.78 bits per heavy atom. The van der Waals surface area contributed by atoms with Crippen LogP contribution in [0.2, 0.25) is 0 Å². The Hall–Kier alpha value is -1.95. The highest BCUT2D eigenvalue weighted by molar-refractivity contribution is 5.99. The lowest BCUT2D eigenvalue weighted by molar-refractivity contribution is -0.0494. The van der Waals surface area contributed by atoms with E-state index < -0.39 is 5.92 Å². The molecule has 1 aromatic carbocycles. The molecule has 0 radical (unpaired) electrons. The van der Waals surface area contributed by atoms with Crippen molar-refractivity contribution in [3.05, 3.63) is 35.0 Å². The molecule has 2 aliphatic rings. The fourth-order valence-electron chi connectivity index (χ4n) is 3.50. The monoisotopic (exact) mass is 319 g/mol. The molecule has 3 heterocycles. The number of carbonyl (C=O) groups excluding carboxylic acids is 1. The highest BCUT2D eigenvalue weighted by Crippen LogP contribution is 2.30. The lowest BCUT2D eigenvalue weighted by Gasteiger charge is -2.31. The highest BCUT2D eigenvalue weighted by atomic mass is 19.3. The van der Waals surface area contributed by atoms with Crippen LogP contribution < -0.4 is 5.32 Å². The first-order valence-corrected chi connectivity index (χ1v) is 8.05. The number of rotatable bonds is 1. The third kappa shape index (κ3) is 2.61. The van der Waals surface area contributed by atoms with Crippen LogP contribution in [-0.2, 0) is 13.0 Å². The molecule has 0 spiro atoms. The van der Waals surface area contributed by atoms with Gasteiger partial charge in [-0.25, -0.2) is 8.78 Å². The van der Waals surface area contributed by atoms with Gasteiger partial charge >= 0.3 is 0 Å². The lowest BCUT2D eigenvalue weighted by Crippen LogP contribution is -2.42. The Labute approximate surface area is 132 Å². The molecule has 1 fully saturated rings. The first kappa shape index (κ1) is 14.6. The van der Waals surface area contributed by atoms with Crippen molar-refractivity contribution in [2.45, 2.75) is 31.7 Å². The van der Waals surface area contributed by atoms with E-state index in [0.29, 0.717) is 5.56 Å². The molecule has 2 aliphatic heterocycles. The molecule has 2 N–H and O–H groups in total. The first-order valence-electron chi connectivity index (χ1n) is 8.05. The number of aromatic amines is 1. The number of hydrogen-bond acceptors (Lipinski definition) is 2. The number of H-pyrrole nitrogens is 1. The van der Waals surface area contributed by atoms with Gasteiger partial charge in [-0.05, 0) is 23.8 Å². The number of fused-ring (bicyclic) bond motifs is 3. The Bertz CT molecular complexity index is 759. The van der Waals surface area contributed by atoms with Gasteiger partial charge in [-0.2, -0.15) is 0 Å². The molecule has 2 aromatic rings. The smallest absolute Gasteiger partial charge is 0.253 e. The van der Waals surface area contributed by atoms with Crippen molar-refractivity contribution in [1.82, 2.24) is 15.2 Å². The minimum atomic E-state index is -2.63. The van der Waals surface area contributed by atoms with E-state index in [-0.39, 0.29) is 31.8 Å². The highest BCUT2D eigenvalue weighted by Gasteiger charge is 2.35. The molecule has 23 heavy (non-hydrogen) atoms. The average Bonchev–Trinajstić information content (AvgIpc) is 2.92. The van der Waals surface area contributed by atoms with Crippen molar-refractivity contribution in [2.75, 3.05) is 19.6 Å². The number of carbonyl (C=O) groups is 1. The maximum atomic E-state index is 13.2. The van der Waals surface area contributed by atoms with E-state index in [1.807, 2.05) is 12.1 Å². The van der Waals surface area contributed by atoms with Crippen LogP contribution in [0.3, 0.4) is 0 Å². The number of aromatic nitrogens is 1. The summed E-state index contributed by atoms with van der Waals surface area (Å²) >= 11 is 0. The summed E-state index contributed by atoms with van der Waals surface area (Å²) in [4.78, 5) is 17.5. The number of amides is 1. The molecule has 0 unspecified atom stereocenters. The van der Waals surface area contributed by atoms with Gasteiger partial charge in [0.25, 0.3) is 11.8 Å². The second-order valence-electron chi connectivity index (χ2n) is 6.42.